The van der Waals surface area contributed by atoms with Gasteiger partial charge in [-0.25, -0.2) is 9.22 Å². The molecule has 0 saturated heterocycles. The Bertz CT molecular complexity index is 1010. The summed E-state index contributed by atoms with van der Waals surface area (Å²) in [6, 6.07) is 13.5. The van der Waals surface area contributed by atoms with Crippen LogP contribution < -0.4 is 4.31 Å². The largest absolute Gasteiger partial charge is 0.467 e. The minimum Gasteiger partial charge on any atom is -0.467 e. The maximum absolute atomic E-state index is 12.8. The predicted octanol–water partition coefficient (Wildman–Crippen LogP) is 3.44. The van der Waals surface area contributed by atoms with Crippen molar-refractivity contribution in [2.45, 2.75) is 12.5 Å². The number of rotatable bonds is 5. The fourth-order valence-electron chi connectivity index (χ4n) is 3.04. The molecular formula is C19H17N3O5S. The van der Waals surface area contributed by atoms with E-state index in [2.05, 4.69) is 5.10 Å². The van der Waals surface area contributed by atoms with Crippen molar-refractivity contribution < 1.29 is 22.4 Å². The minimum absolute atomic E-state index is 0.198. The Hall–Kier alpha value is -3.17. The van der Waals surface area contributed by atoms with Crippen LogP contribution in [0.3, 0.4) is 0 Å². The molecule has 28 heavy (non-hydrogen) atoms. The van der Waals surface area contributed by atoms with Gasteiger partial charge in [0, 0.05) is 13.5 Å². The van der Waals surface area contributed by atoms with Crippen molar-refractivity contribution in [3.63, 3.8) is 0 Å². The minimum atomic E-state index is -2.10. The van der Waals surface area contributed by atoms with Crippen LogP contribution in [0.1, 0.15) is 34.3 Å². The molecule has 3 heterocycles. The lowest BCUT2D eigenvalue weighted by Gasteiger charge is -2.18. The first-order chi connectivity index (χ1) is 13.5. The van der Waals surface area contributed by atoms with Crippen LogP contribution in [0.15, 0.2) is 75.0 Å². The van der Waals surface area contributed by atoms with Gasteiger partial charge < -0.3 is 8.83 Å². The van der Waals surface area contributed by atoms with E-state index in [1.54, 1.807) is 54.8 Å². The zero-order chi connectivity index (χ0) is 19.7. The molecule has 9 heteroatoms. The molecule has 0 fully saturated rings. The lowest BCUT2D eigenvalue weighted by atomic mass is 10.0. The van der Waals surface area contributed by atoms with E-state index < -0.39 is 11.3 Å². The zero-order valence-electron chi connectivity index (χ0n) is 14.9. The van der Waals surface area contributed by atoms with Crippen molar-refractivity contribution in [1.82, 2.24) is 5.01 Å². The Kier molecular flexibility index (Phi) is 4.84. The molecular weight excluding hydrogens is 382 g/mol. The van der Waals surface area contributed by atoms with Crippen molar-refractivity contribution in [1.29, 1.82) is 0 Å². The van der Waals surface area contributed by atoms with Gasteiger partial charge in [-0.2, -0.15) is 5.10 Å². The van der Waals surface area contributed by atoms with Crippen LogP contribution in [0.4, 0.5) is 5.69 Å². The van der Waals surface area contributed by atoms with Gasteiger partial charge in [-0.3, -0.25) is 13.7 Å². The summed E-state index contributed by atoms with van der Waals surface area (Å²) in [6.45, 7) is 0. The van der Waals surface area contributed by atoms with Crippen LogP contribution in [0.2, 0.25) is 0 Å². The van der Waals surface area contributed by atoms with Gasteiger partial charge in [-0.05, 0) is 42.0 Å². The highest BCUT2D eigenvalue weighted by molar-refractivity contribution is 7.80. The molecule has 4 rings (SSSR count). The van der Waals surface area contributed by atoms with E-state index in [-0.39, 0.29) is 17.7 Å². The maximum atomic E-state index is 12.8. The van der Waals surface area contributed by atoms with E-state index in [0.29, 0.717) is 23.6 Å². The highest BCUT2D eigenvalue weighted by Crippen LogP contribution is 2.34. The molecule has 3 aromatic rings. The third-order valence-corrected chi connectivity index (χ3v) is 5.20. The average Bonchev–Trinajstić information content (AvgIpc) is 3.48. The van der Waals surface area contributed by atoms with Crippen LogP contribution in [0, 0.1) is 0 Å². The van der Waals surface area contributed by atoms with Crippen molar-refractivity contribution in [3.05, 3.63) is 78.1 Å². The van der Waals surface area contributed by atoms with Gasteiger partial charge in [0.15, 0.2) is 5.76 Å². The highest BCUT2D eigenvalue weighted by Gasteiger charge is 2.36. The summed E-state index contributed by atoms with van der Waals surface area (Å²) < 4.78 is 32.4. The number of hydrazone groups is 1. The Morgan fingerprint density at radius 2 is 1.89 bits per heavy atom. The summed E-state index contributed by atoms with van der Waals surface area (Å²) in [7, 11) is 1.52. The maximum Gasteiger partial charge on any atom is 0.310 e. The van der Waals surface area contributed by atoms with Gasteiger partial charge in [0.25, 0.3) is 11.3 Å². The quantitative estimate of drug-likeness (QED) is 0.663. The molecule has 2 atom stereocenters. The molecule has 1 N–H and O–H groups in total. The van der Waals surface area contributed by atoms with E-state index in [1.165, 1.54) is 22.6 Å². The first-order valence-electron chi connectivity index (χ1n) is 8.47. The third-order valence-electron chi connectivity index (χ3n) is 4.52. The van der Waals surface area contributed by atoms with E-state index in [1.807, 2.05) is 0 Å². The van der Waals surface area contributed by atoms with Crippen LogP contribution in [0.25, 0.3) is 0 Å². The molecule has 1 aliphatic heterocycles. The van der Waals surface area contributed by atoms with Crippen molar-refractivity contribution in [2.75, 3.05) is 11.4 Å². The molecule has 0 aliphatic carbocycles. The van der Waals surface area contributed by atoms with Crippen molar-refractivity contribution in [2.24, 2.45) is 5.10 Å². The van der Waals surface area contributed by atoms with E-state index >= 15 is 0 Å². The number of anilines is 1. The second-order valence-corrected chi connectivity index (χ2v) is 7.19. The summed E-state index contributed by atoms with van der Waals surface area (Å²) in [5.41, 5.74) is 2.11. The van der Waals surface area contributed by atoms with Gasteiger partial charge in [0.2, 0.25) is 0 Å². The highest BCUT2D eigenvalue weighted by atomic mass is 32.2. The number of hydrogen-bond donors (Lipinski definition) is 1. The fourth-order valence-corrected chi connectivity index (χ4v) is 3.34. The average molecular weight is 399 g/mol. The normalized spacial score (nSPS) is 17.4. The number of amides is 1. The lowest BCUT2D eigenvalue weighted by Crippen LogP contribution is -2.26. The molecule has 1 amide bonds. The summed E-state index contributed by atoms with van der Waals surface area (Å²) in [4.78, 5) is 12.8. The van der Waals surface area contributed by atoms with Crippen LogP contribution in [-0.2, 0) is 11.3 Å². The van der Waals surface area contributed by atoms with E-state index in [9.17, 15) is 13.6 Å². The van der Waals surface area contributed by atoms with Crippen LogP contribution in [0.5, 0.6) is 0 Å². The number of furan rings is 2. The number of nitrogens with zero attached hydrogens (tertiary/aromatic N) is 3. The lowest BCUT2D eigenvalue weighted by molar-refractivity contribution is 0.0660. The summed E-state index contributed by atoms with van der Waals surface area (Å²) in [5.74, 6) is 0.475. The molecule has 8 nitrogen and oxygen atoms in total. The Morgan fingerprint density at radius 1 is 1.18 bits per heavy atom. The first kappa shape index (κ1) is 18.2. The van der Waals surface area contributed by atoms with Crippen LogP contribution in [-0.4, -0.2) is 32.4 Å². The van der Waals surface area contributed by atoms with Crippen molar-refractivity contribution >= 4 is 28.6 Å². The molecule has 2 unspecified atom stereocenters. The van der Waals surface area contributed by atoms with Gasteiger partial charge in [0.1, 0.15) is 11.8 Å². The molecule has 1 aliphatic rings. The Morgan fingerprint density at radius 3 is 2.50 bits per heavy atom. The number of carbonyl (C=O) groups excluding carboxylic acids is 1. The standard InChI is InChI=1S/C19H17N3O5S/c1-21(28(24)25)14-8-6-13(7-9-14)15-12-16(17-4-2-10-26-17)22(20-15)19(23)18-5-3-11-27-18/h2-11,16H,12H2,1H3,(H,24,25). The van der Waals surface area contributed by atoms with Gasteiger partial charge >= 0.3 is 5.91 Å². The summed E-state index contributed by atoms with van der Waals surface area (Å²) >= 11 is -2.10. The van der Waals surface area contributed by atoms with Crippen molar-refractivity contribution in [3.8, 4) is 0 Å². The number of carbonyl (C=O) groups is 1. The monoisotopic (exact) mass is 399 g/mol. The summed E-state index contributed by atoms with van der Waals surface area (Å²) in [6.07, 6.45) is 3.47. The Labute approximate surface area is 163 Å². The fraction of sp³-hybridized carbons (Fsp3) is 0.158. The predicted molar refractivity (Wildman–Crippen MR) is 103 cm³/mol. The smallest absolute Gasteiger partial charge is 0.310 e. The topological polar surface area (TPSA) is 99.5 Å². The van der Waals surface area contributed by atoms with E-state index in [0.717, 1.165) is 5.56 Å². The molecule has 1 aromatic carbocycles. The molecule has 0 bridgehead atoms. The molecule has 144 valence electrons. The third kappa shape index (κ3) is 3.37. The zero-order valence-corrected chi connectivity index (χ0v) is 15.7. The van der Waals surface area contributed by atoms with Gasteiger partial charge in [-0.15, -0.1) is 0 Å². The van der Waals surface area contributed by atoms with E-state index in [4.69, 9.17) is 8.83 Å². The second kappa shape index (κ2) is 7.45. The molecule has 0 radical (unpaired) electrons. The SMILES string of the molecule is CN(c1ccc(C2=NN(C(=O)c3ccco3)C(c3ccco3)C2)cc1)S(=O)O. The number of hydrogen-bond acceptors (Lipinski definition) is 5. The summed E-state index contributed by atoms with van der Waals surface area (Å²) in [5, 5.41) is 5.89. The second-order valence-electron chi connectivity index (χ2n) is 6.18. The van der Waals surface area contributed by atoms with Crippen LogP contribution >= 0.6 is 0 Å². The first-order valence-corrected chi connectivity index (χ1v) is 9.54. The molecule has 0 saturated carbocycles. The molecule has 2 aromatic heterocycles. The molecule has 0 spiro atoms. The number of benzene rings is 1. The Balaban J connectivity index is 1.65. The van der Waals surface area contributed by atoms with Gasteiger partial charge in [0.05, 0.1) is 23.9 Å². The van der Waals surface area contributed by atoms with Gasteiger partial charge in [-0.1, -0.05) is 12.1 Å².